The molecule has 0 aromatic rings. The fourth-order valence-corrected chi connectivity index (χ4v) is 1.98. The second kappa shape index (κ2) is 4.96. The van der Waals surface area contributed by atoms with Crippen LogP contribution in [0, 0.1) is 5.92 Å². The summed E-state index contributed by atoms with van der Waals surface area (Å²) in [5, 5.41) is 9.13. The molecule has 2 atom stereocenters. The van der Waals surface area contributed by atoms with Crippen molar-refractivity contribution < 1.29 is 14.7 Å². The fourth-order valence-electron chi connectivity index (χ4n) is 1.98. The van der Waals surface area contributed by atoms with Gasteiger partial charge in [0.25, 0.3) is 0 Å². The minimum Gasteiger partial charge on any atom is -0.480 e. The summed E-state index contributed by atoms with van der Waals surface area (Å²) < 4.78 is 0. The number of rotatable bonds is 3. The molecule has 1 N–H and O–H groups in total. The Kier molecular flexibility index (Phi) is 3.88. The first-order valence-corrected chi connectivity index (χ1v) is 5.15. The van der Waals surface area contributed by atoms with Crippen molar-refractivity contribution in [3.63, 3.8) is 0 Å². The van der Waals surface area contributed by atoms with Gasteiger partial charge in [-0.15, -0.1) is 0 Å². The summed E-state index contributed by atoms with van der Waals surface area (Å²) in [7, 11) is 1.56. The van der Waals surface area contributed by atoms with Gasteiger partial charge in [0.05, 0.1) is 0 Å². The van der Waals surface area contributed by atoms with Crippen LogP contribution in [-0.2, 0) is 9.59 Å². The lowest BCUT2D eigenvalue weighted by atomic mass is 9.87. The fraction of sp³-hybridized carbons (Fsp3) is 0.636. The van der Waals surface area contributed by atoms with Crippen LogP contribution in [0.5, 0.6) is 0 Å². The third-order valence-corrected chi connectivity index (χ3v) is 2.92. The van der Waals surface area contributed by atoms with Gasteiger partial charge in [0.15, 0.2) is 0 Å². The molecule has 2 unspecified atom stereocenters. The molecule has 0 aromatic carbocycles. The van der Waals surface area contributed by atoms with Crippen molar-refractivity contribution in [2.75, 3.05) is 7.05 Å². The number of carboxylic acid groups (broad SMARTS) is 1. The van der Waals surface area contributed by atoms with E-state index in [4.69, 9.17) is 5.11 Å². The van der Waals surface area contributed by atoms with Crippen LogP contribution in [0.4, 0.5) is 0 Å². The van der Waals surface area contributed by atoms with Crippen molar-refractivity contribution in [3.8, 4) is 0 Å². The van der Waals surface area contributed by atoms with Crippen molar-refractivity contribution in [1.82, 2.24) is 4.90 Å². The predicted octanol–water partition coefficient (Wildman–Crippen LogP) is 1.27. The summed E-state index contributed by atoms with van der Waals surface area (Å²) in [4.78, 5) is 23.6. The topological polar surface area (TPSA) is 57.6 Å². The quantitative estimate of drug-likeness (QED) is 0.715. The number of carboxylic acids is 1. The summed E-state index contributed by atoms with van der Waals surface area (Å²) >= 11 is 0. The highest BCUT2D eigenvalue weighted by Gasteiger charge is 2.32. The number of carbonyl (C=O) groups excluding carboxylic acids is 1. The van der Waals surface area contributed by atoms with Gasteiger partial charge < -0.3 is 10.0 Å². The maximum Gasteiger partial charge on any atom is 0.326 e. The maximum absolute atomic E-state index is 11.2. The molecule has 1 rings (SSSR count). The first kappa shape index (κ1) is 11.8. The Morgan fingerprint density at radius 2 is 2.13 bits per heavy atom. The zero-order chi connectivity index (χ0) is 11.4. The van der Waals surface area contributed by atoms with Gasteiger partial charge in [-0.05, 0) is 25.2 Å². The van der Waals surface area contributed by atoms with Crippen LogP contribution in [0.25, 0.3) is 0 Å². The Morgan fingerprint density at radius 3 is 2.53 bits per heavy atom. The Hall–Kier alpha value is -1.32. The number of allylic oxidation sites excluding steroid dienone is 2. The van der Waals surface area contributed by atoms with Gasteiger partial charge in [0.2, 0.25) is 5.91 Å². The molecule has 84 valence electrons. The molecule has 15 heavy (non-hydrogen) atoms. The van der Waals surface area contributed by atoms with Crippen LogP contribution in [0.2, 0.25) is 0 Å². The van der Waals surface area contributed by atoms with E-state index in [1.54, 1.807) is 7.05 Å². The minimum atomic E-state index is -0.909. The second-order valence-electron chi connectivity index (χ2n) is 3.96. The Labute approximate surface area is 89.6 Å². The summed E-state index contributed by atoms with van der Waals surface area (Å²) in [6.45, 7) is 1.40. The molecule has 0 aliphatic heterocycles. The van der Waals surface area contributed by atoms with Gasteiger partial charge in [0, 0.05) is 14.0 Å². The van der Waals surface area contributed by atoms with Crippen LogP contribution in [0.15, 0.2) is 12.2 Å². The molecule has 0 spiro atoms. The van der Waals surface area contributed by atoms with Crippen LogP contribution >= 0.6 is 0 Å². The first-order chi connectivity index (χ1) is 7.04. The third-order valence-electron chi connectivity index (χ3n) is 2.92. The van der Waals surface area contributed by atoms with Gasteiger partial charge in [-0.1, -0.05) is 12.2 Å². The number of likely N-dealkylation sites (N-methyl/N-ethyl adjacent to an activating group) is 1. The average molecular weight is 211 g/mol. The average Bonchev–Trinajstić information content (AvgIpc) is 2.18. The molecule has 4 heteroatoms. The standard InChI is InChI=1S/C11H17NO3/c1-8(13)12(2)10(11(14)15)9-6-4-3-5-7-9/h3-4,9-10H,5-7H2,1-2H3,(H,14,15). The molecule has 1 amide bonds. The van der Waals surface area contributed by atoms with Crippen LogP contribution < -0.4 is 0 Å². The predicted molar refractivity (Wildman–Crippen MR) is 56.3 cm³/mol. The van der Waals surface area contributed by atoms with Gasteiger partial charge >= 0.3 is 5.97 Å². The first-order valence-electron chi connectivity index (χ1n) is 5.15. The van der Waals surface area contributed by atoms with Crippen molar-refractivity contribution in [3.05, 3.63) is 12.2 Å². The Bertz CT molecular complexity index is 286. The Morgan fingerprint density at radius 1 is 1.47 bits per heavy atom. The van der Waals surface area contributed by atoms with Crippen molar-refractivity contribution in [2.24, 2.45) is 5.92 Å². The number of hydrogen-bond acceptors (Lipinski definition) is 2. The summed E-state index contributed by atoms with van der Waals surface area (Å²) in [5.41, 5.74) is 0. The van der Waals surface area contributed by atoms with E-state index in [0.717, 1.165) is 19.3 Å². The molecule has 0 saturated carbocycles. The van der Waals surface area contributed by atoms with Crippen LogP contribution in [-0.4, -0.2) is 35.0 Å². The molecule has 1 aliphatic rings. The number of aliphatic carboxylic acids is 1. The van der Waals surface area contributed by atoms with E-state index in [0.29, 0.717) is 0 Å². The second-order valence-corrected chi connectivity index (χ2v) is 3.96. The number of hydrogen-bond donors (Lipinski definition) is 1. The molecule has 0 bridgehead atoms. The van der Waals surface area contributed by atoms with Gasteiger partial charge in [-0.2, -0.15) is 0 Å². The molecule has 0 aromatic heterocycles. The van der Waals surface area contributed by atoms with Crippen molar-refractivity contribution >= 4 is 11.9 Å². The largest absolute Gasteiger partial charge is 0.480 e. The van der Waals surface area contributed by atoms with Gasteiger partial charge in [0.1, 0.15) is 6.04 Å². The van der Waals surface area contributed by atoms with Crippen LogP contribution in [0.1, 0.15) is 26.2 Å². The third kappa shape index (κ3) is 2.81. The highest BCUT2D eigenvalue weighted by molar-refractivity contribution is 5.82. The zero-order valence-corrected chi connectivity index (χ0v) is 9.14. The SMILES string of the molecule is CC(=O)N(C)C(C(=O)O)C1CC=CCC1. The molecular formula is C11H17NO3. The smallest absolute Gasteiger partial charge is 0.326 e. The normalized spacial score (nSPS) is 22.1. The molecule has 0 saturated heterocycles. The highest BCUT2D eigenvalue weighted by atomic mass is 16.4. The van der Waals surface area contributed by atoms with Gasteiger partial charge in [-0.25, -0.2) is 4.79 Å². The molecule has 4 nitrogen and oxygen atoms in total. The van der Waals surface area contributed by atoms with E-state index in [1.165, 1.54) is 11.8 Å². The van der Waals surface area contributed by atoms with E-state index in [1.807, 2.05) is 6.08 Å². The maximum atomic E-state index is 11.2. The summed E-state index contributed by atoms with van der Waals surface area (Å²) in [6, 6.07) is -0.688. The zero-order valence-electron chi connectivity index (χ0n) is 9.14. The van der Waals surface area contributed by atoms with Gasteiger partial charge in [-0.3, -0.25) is 4.79 Å². The van der Waals surface area contributed by atoms with E-state index in [-0.39, 0.29) is 11.8 Å². The number of nitrogens with zero attached hydrogens (tertiary/aromatic N) is 1. The minimum absolute atomic E-state index is 0.0430. The highest BCUT2D eigenvalue weighted by Crippen LogP contribution is 2.24. The van der Waals surface area contributed by atoms with E-state index < -0.39 is 12.0 Å². The van der Waals surface area contributed by atoms with Crippen molar-refractivity contribution in [2.45, 2.75) is 32.2 Å². The molecule has 0 heterocycles. The molecule has 0 radical (unpaired) electrons. The van der Waals surface area contributed by atoms with Crippen molar-refractivity contribution in [1.29, 1.82) is 0 Å². The molecule has 1 aliphatic carbocycles. The summed E-state index contributed by atoms with van der Waals surface area (Å²) in [6.07, 6.45) is 6.54. The summed E-state index contributed by atoms with van der Waals surface area (Å²) in [5.74, 6) is -1.06. The lowest BCUT2D eigenvalue weighted by Gasteiger charge is -2.31. The van der Waals surface area contributed by atoms with Crippen LogP contribution in [0.3, 0.4) is 0 Å². The van der Waals surface area contributed by atoms with E-state index >= 15 is 0 Å². The lowest BCUT2D eigenvalue weighted by molar-refractivity contribution is -0.150. The number of amides is 1. The van der Waals surface area contributed by atoms with E-state index in [9.17, 15) is 9.59 Å². The monoisotopic (exact) mass is 211 g/mol. The van der Waals surface area contributed by atoms with E-state index in [2.05, 4.69) is 6.08 Å². The number of carbonyl (C=O) groups is 2. The lowest BCUT2D eigenvalue weighted by Crippen LogP contribution is -2.46. The molecule has 0 fully saturated rings. The molecular weight excluding hydrogens is 194 g/mol. The Balaban J connectivity index is 2.77.